The number of rotatable bonds is 6. The molecule has 0 spiro atoms. The molecule has 0 saturated carbocycles. The van der Waals surface area contributed by atoms with E-state index in [-0.39, 0.29) is 18.0 Å². The number of benzene rings is 2. The van der Waals surface area contributed by atoms with Crippen molar-refractivity contribution in [2.75, 3.05) is 13.7 Å². The van der Waals surface area contributed by atoms with Crippen molar-refractivity contribution in [2.24, 2.45) is 0 Å². The van der Waals surface area contributed by atoms with E-state index >= 15 is 0 Å². The molecule has 3 rings (SSSR count). The molecule has 132 valence electrons. The minimum atomic E-state index is -0.0408. The second-order valence-corrected chi connectivity index (χ2v) is 6.62. The quantitative estimate of drug-likeness (QED) is 0.876. The summed E-state index contributed by atoms with van der Waals surface area (Å²) in [6.45, 7) is 3.83. The van der Waals surface area contributed by atoms with Crippen LogP contribution in [0.5, 0.6) is 5.75 Å². The Hall–Kier alpha value is -2.33. The second kappa shape index (κ2) is 8.17. The maximum atomic E-state index is 12.8. The van der Waals surface area contributed by atoms with Crippen molar-refractivity contribution >= 4 is 5.91 Å². The zero-order chi connectivity index (χ0) is 17.6. The van der Waals surface area contributed by atoms with Crippen LogP contribution in [0.15, 0.2) is 54.6 Å². The van der Waals surface area contributed by atoms with Crippen LogP contribution < -0.4 is 10.1 Å². The Labute approximate surface area is 149 Å². The molecule has 0 aliphatic carbocycles. The number of likely N-dealkylation sites (tertiary alicyclic amines) is 1. The Kier molecular flexibility index (Phi) is 5.71. The molecular weight excluding hydrogens is 312 g/mol. The molecule has 0 unspecified atom stereocenters. The lowest BCUT2D eigenvalue weighted by Gasteiger charge is -2.25. The van der Waals surface area contributed by atoms with E-state index in [0.717, 1.165) is 37.2 Å². The van der Waals surface area contributed by atoms with Crippen LogP contribution in [0, 0.1) is 0 Å². The van der Waals surface area contributed by atoms with Crippen LogP contribution in [-0.4, -0.2) is 30.5 Å². The number of methoxy groups -OCH3 is 1. The maximum Gasteiger partial charge on any atom is 0.237 e. The number of hydrogen-bond acceptors (Lipinski definition) is 3. The first kappa shape index (κ1) is 17.5. The Morgan fingerprint density at radius 3 is 2.60 bits per heavy atom. The molecule has 2 aromatic carbocycles. The summed E-state index contributed by atoms with van der Waals surface area (Å²) >= 11 is 0. The molecule has 25 heavy (non-hydrogen) atoms. The van der Waals surface area contributed by atoms with E-state index < -0.39 is 0 Å². The predicted molar refractivity (Wildman–Crippen MR) is 99.4 cm³/mol. The largest absolute Gasteiger partial charge is 0.497 e. The van der Waals surface area contributed by atoms with Gasteiger partial charge in [-0.1, -0.05) is 42.5 Å². The number of carbonyl (C=O) groups excluding carboxylic acids is 1. The van der Waals surface area contributed by atoms with Crippen LogP contribution in [0.2, 0.25) is 0 Å². The number of nitrogens with zero attached hydrogens (tertiary/aromatic N) is 1. The van der Waals surface area contributed by atoms with E-state index in [9.17, 15) is 4.79 Å². The molecule has 4 nitrogen and oxygen atoms in total. The molecule has 4 heteroatoms. The van der Waals surface area contributed by atoms with Gasteiger partial charge >= 0.3 is 0 Å². The summed E-state index contributed by atoms with van der Waals surface area (Å²) in [5.41, 5.74) is 2.34. The van der Waals surface area contributed by atoms with Gasteiger partial charge in [-0.2, -0.15) is 0 Å². The highest BCUT2D eigenvalue weighted by Gasteiger charge is 2.31. The average molecular weight is 338 g/mol. The highest BCUT2D eigenvalue weighted by atomic mass is 16.5. The SMILES string of the molecule is COc1ccc([C@H](C)NC(=O)[C@@H]2CCCN2Cc2ccccc2)cc1. The third kappa shape index (κ3) is 4.40. The lowest BCUT2D eigenvalue weighted by Crippen LogP contribution is -2.43. The van der Waals surface area contributed by atoms with E-state index in [1.807, 2.05) is 49.4 Å². The molecular formula is C21H26N2O2. The number of ether oxygens (including phenoxy) is 1. The van der Waals surface area contributed by atoms with Crippen LogP contribution in [0.25, 0.3) is 0 Å². The fourth-order valence-corrected chi connectivity index (χ4v) is 3.42. The van der Waals surface area contributed by atoms with Gasteiger partial charge in [-0.15, -0.1) is 0 Å². The van der Waals surface area contributed by atoms with Crippen molar-refractivity contribution in [1.82, 2.24) is 10.2 Å². The Bertz CT molecular complexity index is 685. The van der Waals surface area contributed by atoms with Gasteiger partial charge in [0.1, 0.15) is 5.75 Å². The van der Waals surface area contributed by atoms with Gasteiger partial charge in [-0.3, -0.25) is 9.69 Å². The van der Waals surface area contributed by atoms with Gasteiger partial charge in [0.2, 0.25) is 5.91 Å². The third-order valence-electron chi connectivity index (χ3n) is 4.87. The van der Waals surface area contributed by atoms with E-state index in [4.69, 9.17) is 4.74 Å². The summed E-state index contributed by atoms with van der Waals surface area (Å²) in [5.74, 6) is 0.948. The van der Waals surface area contributed by atoms with E-state index in [0.29, 0.717) is 0 Å². The lowest BCUT2D eigenvalue weighted by molar-refractivity contribution is -0.126. The molecule has 1 aliphatic rings. The van der Waals surface area contributed by atoms with Gasteiger partial charge in [0.15, 0.2) is 0 Å². The van der Waals surface area contributed by atoms with Crippen molar-refractivity contribution in [3.8, 4) is 5.75 Å². The molecule has 2 aromatic rings. The minimum Gasteiger partial charge on any atom is -0.497 e. The standard InChI is InChI=1S/C21H26N2O2/c1-16(18-10-12-19(25-2)13-11-18)22-21(24)20-9-6-14-23(20)15-17-7-4-3-5-8-17/h3-5,7-8,10-13,16,20H,6,9,14-15H2,1-2H3,(H,22,24)/t16-,20-/m0/s1. The molecule has 1 fully saturated rings. The Morgan fingerprint density at radius 1 is 1.20 bits per heavy atom. The zero-order valence-electron chi connectivity index (χ0n) is 14.9. The van der Waals surface area contributed by atoms with Gasteiger partial charge in [0, 0.05) is 6.54 Å². The monoisotopic (exact) mass is 338 g/mol. The molecule has 0 aromatic heterocycles. The molecule has 0 bridgehead atoms. The van der Waals surface area contributed by atoms with Gasteiger partial charge in [0.25, 0.3) is 0 Å². The molecule has 1 amide bonds. The van der Waals surface area contributed by atoms with Crippen LogP contribution in [0.4, 0.5) is 0 Å². The van der Waals surface area contributed by atoms with Crippen molar-refractivity contribution in [3.63, 3.8) is 0 Å². The third-order valence-corrected chi connectivity index (χ3v) is 4.87. The van der Waals surface area contributed by atoms with E-state index in [2.05, 4.69) is 22.3 Å². The van der Waals surface area contributed by atoms with Crippen molar-refractivity contribution in [1.29, 1.82) is 0 Å². The number of hydrogen-bond donors (Lipinski definition) is 1. The van der Waals surface area contributed by atoms with Crippen LogP contribution in [-0.2, 0) is 11.3 Å². The number of amides is 1. The normalized spacial score (nSPS) is 18.7. The Morgan fingerprint density at radius 2 is 1.92 bits per heavy atom. The van der Waals surface area contributed by atoms with Crippen molar-refractivity contribution in [3.05, 3.63) is 65.7 Å². The van der Waals surface area contributed by atoms with Crippen LogP contribution in [0.3, 0.4) is 0 Å². The van der Waals surface area contributed by atoms with Gasteiger partial charge < -0.3 is 10.1 Å². The first-order chi connectivity index (χ1) is 12.2. The van der Waals surface area contributed by atoms with Crippen molar-refractivity contribution in [2.45, 2.75) is 38.4 Å². The first-order valence-electron chi connectivity index (χ1n) is 8.89. The van der Waals surface area contributed by atoms with Gasteiger partial charge in [-0.25, -0.2) is 0 Å². The summed E-state index contributed by atoms with van der Waals surface area (Å²) in [5, 5.41) is 3.17. The molecule has 2 atom stereocenters. The highest BCUT2D eigenvalue weighted by Crippen LogP contribution is 2.22. The van der Waals surface area contributed by atoms with E-state index in [1.54, 1.807) is 7.11 Å². The van der Waals surface area contributed by atoms with E-state index in [1.165, 1.54) is 5.56 Å². The minimum absolute atomic E-state index is 0.0161. The lowest BCUT2D eigenvalue weighted by atomic mass is 10.1. The second-order valence-electron chi connectivity index (χ2n) is 6.62. The molecule has 1 heterocycles. The maximum absolute atomic E-state index is 12.8. The molecule has 1 saturated heterocycles. The molecule has 0 radical (unpaired) electrons. The summed E-state index contributed by atoms with van der Waals surface area (Å²) in [4.78, 5) is 15.1. The molecule has 1 aliphatic heterocycles. The zero-order valence-corrected chi connectivity index (χ0v) is 14.9. The summed E-state index contributed by atoms with van der Waals surface area (Å²) in [6, 6.07) is 18.1. The van der Waals surface area contributed by atoms with Gasteiger partial charge in [-0.05, 0) is 49.6 Å². The fraction of sp³-hybridized carbons (Fsp3) is 0.381. The smallest absolute Gasteiger partial charge is 0.237 e. The van der Waals surface area contributed by atoms with Crippen molar-refractivity contribution < 1.29 is 9.53 Å². The predicted octanol–water partition coefficient (Wildman–Crippen LogP) is 3.54. The highest BCUT2D eigenvalue weighted by molar-refractivity contribution is 5.82. The fourth-order valence-electron chi connectivity index (χ4n) is 3.42. The molecule has 1 N–H and O–H groups in total. The van der Waals surface area contributed by atoms with Crippen LogP contribution >= 0.6 is 0 Å². The summed E-state index contributed by atoms with van der Waals surface area (Å²) < 4.78 is 5.19. The number of nitrogens with one attached hydrogen (secondary N) is 1. The average Bonchev–Trinajstić information content (AvgIpc) is 3.11. The Balaban J connectivity index is 1.60. The summed E-state index contributed by atoms with van der Waals surface area (Å²) in [6.07, 6.45) is 2.00. The van der Waals surface area contributed by atoms with Gasteiger partial charge in [0.05, 0.1) is 19.2 Å². The van der Waals surface area contributed by atoms with Crippen LogP contribution in [0.1, 0.15) is 36.9 Å². The topological polar surface area (TPSA) is 41.6 Å². The first-order valence-corrected chi connectivity index (χ1v) is 8.89. The number of carbonyl (C=O) groups is 1. The summed E-state index contributed by atoms with van der Waals surface area (Å²) in [7, 11) is 1.65.